The lowest BCUT2D eigenvalue weighted by Crippen LogP contribution is -2.43. The number of esters is 1. The van der Waals surface area contributed by atoms with Crippen LogP contribution in [0.5, 0.6) is 5.75 Å². The lowest BCUT2D eigenvalue weighted by atomic mass is 9.85. The first-order valence-electron chi connectivity index (χ1n) is 9.51. The topological polar surface area (TPSA) is 99.0 Å². The summed E-state index contributed by atoms with van der Waals surface area (Å²) < 4.78 is 10.1. The minimum Gasteiger partial charge on any atom is -0.497 e. The molecule has 0 saturated carbocycles. The van der Waals surface area contributed by atoms with Crippen LogP contribution in [0.2, 0.25) is 0 Å². The molecule has 0 unspecified atom stereocenters. The Morgan fingerprint density at radius 3 is 2.03 bits per heavy atom. The van der Waals surface area contributed by atoms with Crippen LogP contribution in [0.3, 0.4) is 0 Å². The van der Waals surface area contributed by atoms with E-state index in [4.69, 9.17) is 9.47 Å². The third kappa shape index (κ3) is 3.72. The summed E-state index contributed by atoms with van der Waals surface area (Å²) in [5.41, 5.74) is 2.15. The highest BCUT2D eigenvalue weighted by molar-refractivity contribution is 5.86. The lowest BCUT2D eigenvalue weighted by molar-refractivity contribution is -0.528. The van der Waals surface area contributed by atoms with Crippen LogP contribution in [0.15, 0.2) is 48.5 Å². The maximum atomic E-state index is 12.8. The number of carbonyl (C=O) groups is 2. The van der Waals surface area contributed by atoms with Crippen LogP contribution in [0.1, 0.15) is 35.6 Å². The highest BCUT2D eigenvalue weighted by Crippen LogP contribution is 2.47. The molecule has 3 rings (SSSR count). The average Bonchev–Trinajstić information content (AvgIpc) is 3.10. The van der Waals surface area contributed by atoms with Crippen LogP contribution in [0.25, 0.3) is 0 Å². The Kier molecular flexibility index (Phi) is 6.05. The smallest absolute Gasteiger partial charge is 0.329 e. The molecule has 1 aliphatic heterocycles. The minimum absolute atomic E-state index is 0.404. The zero-order valence-corrected chi connectivity index (χ0v) is 17.3. The molecule has 1 aliphatic rings. The number of rotatable bonds is 5. The number of nitro groups is 1. The number of methoxy groups -OCH3 is 2. The van der Waals surface area contributed by atoms with Crippen molar-refractivity contribution in [2.45, 2.75) is 37.9 Å². The summed E-state index contributed by atoms with van der Waals surface area (Å²) in [7, 11) is 2.73. The molecule has 0 bridgehead atoms. The van der Waals surface area contributed by atoms with Gasteiger partial charge >= 0.3 is 5.97 Å². The number of benzene rings is 2. The molecule has 8 nitrogen and oxygen atoms in total. The predicted molar refractivity (Wildman–Crippen MR) is 109 cm³/mol. The Bertz CT molecular complexity index is 941. The number of aryl methyl sites for hydroxylation is 1. The molecule has 0 N–H and O–H groups in total. The summed E-state index contributed by atoms with van der Waals surface area (Å²) in [4.78, 5) is 38.6. The fourth-order valence-electron chi connectivity index (χ4n) is 4.24. The summed E-state index contributed by atoms with van der Waals surface area (Å²) in [5, 5.41) is 12.3. The fourth-order valence-corrected chi connectivity index (χ4v) is 4.24. The number of ether oxygens (including phenoxy) is 2. The van der Waals surface area contributed by atoms with E-state index in [0.29, 0.717) is 16.9 Å². The normalized spacial score (nSPS) is 23.1. The maximum Gasteiger partial charge on any atom is 0.329 e. The molecule has 1 fully saturated rings. The van der Waals surface area contributed by atoms with E-state index in [0.717, 1.165) is 5.56 Å². The van der Waals surface area contributed by atoms with Crippen molar-refractivity contribution in [3.63, 3.8) is 0 Å². The van der Waals surface area contributed by atoms with Crippen LogP contribution in [0, 0.1) is 17.0 Å². The number of nitrogens with zero attached hydrogens (tertiary/aromatic N) is 2. The Morgan fingerprint density at radius 1 is 1.00 bits per heavy atom. The third-order valence-electron chi connectivity index (χ3n) is 5.60. The monoisotopic (exact) mass is 412 g/mol. The van der Waals surface area contributed by atoms with Crippen molar-refractivity contribution in [3.05, 3.63) is 75.3 Å². The van der Waals surface area contributed by atoms with E-state index in [-0.39, 0.29) is 0 Å². The Balaban J connectivity index is 2.22. The van der Waals surface area contributed by atoms with Crippen molar-refractivity contribution in [2.24, 2.45) is 0 Å². The largest absolute Gasteiger partial charge is 0.497 e. The van der Waals surface area contributed by atoms with Gasteiger partial charge in [-0.25, -0.2) is 4.79 Å². The molecule has 30 heavy (non-hydrogen) atoms. The van der Waals surface area contributed by atoms with Crippen molar-refractivity contribution in [1.82, 2.24) is 4.90 Å². The molecule has 2 aromatic rings. The van der Waals surface area contributed by atoms with Crippen LogP contribution < -0.4 is 4.74 Å². The number of amides is 1. The molecule has 0 radical (unpaired) electrons. The van der Waals surface area contributed by atoms with Gasteiger partial charge in [0.2, 0.25) is 11.9 Å². The molecule has 1 heterocycles. The summed E-state index contributed by atoms with van der Waals surface area (Å²) in [6.07, 6.45) is 0. The lowest BCUT2D eigenvalue weighted by Gasteiger charge is -2.28. The number of hydrogen-bond donors (Lipinski definition) is 0. The molecular formula is C22H24N2O6. The van der Waals surface area contributed by atoms with Gasteiger partial charge in [0.05, 0.1) is 20.1 Å². The van der Waals surface area contributed by atoms with Crippen LogP contribution in [-0.4, -0.2) is 48.0 Å². The highest BCUT2D eigenvalue weighted by Gasteiger charge is 2.60. The van der Waals surface area contributed by atoms with Gasteiger partial charge in [0, 0.05) is 11.8 Å². The second kappa shape index (κ2) is 8.52. The summed E-state index contributed by atoms with van der Waals surface area (Å²) in [6.45, 7) is 3.22. The molecule has 4 atom stereocenters. The van der Waals surface area contributed by atoms with Gasteiger partial charge in [-0.15, -0.1) is 0 Å². The predicted octanol–water partition coefficient (Wildman–Crippen LogP) is 2.88. The molecule has 0 aromatic heterocycles. The second-order valence-corrected chi connectivity index (χ2v) is 7.32. The highest BCUT2D eigenvalue weighted by atomic mass is 16.6. The van der Waals surface area contributed by atoms with Gasteiger partial charge in [0.25, 0.3) is 0 Å². The van der Waals surface area contributed by atoms with Gasteiger partial charge < -0.3 is 14.4 Å². The van der Waals surface area contributed by atoms with Gasteiger partial charge in [-0.3, -0.25) is 14.9 Å². The molecule has 2 aromatic carbocycles. The molecule has 1 amide bonds. The first-order valence-corrected chi connectivity index (χ1v) is 9.51. The van der Waals surface area contributed by atoms with E-state index < -0.39 is 40.8 Å². The zero-order chi connectivity index (χ0) is 22.0. The Hall–Kier alpha value is -3.42. The Labute approximate surface area is 174 Å². The molecule has 0 spiro atoms. The van der Waals surface area contributed by atoms with E-state index in [2.05, 4.69) is 0 Å². The molecule has 0 aliphatic carbocycles. The number of likely N-dealkylation sites (tertiary alicyclic amines) is 1. The van der Waals surface area contributed by atoms with Gasteiger partial charge in [0.15, 0.2) is 0 Å². The summed E-state index contributed by atoms with van der Waals surface area (Å²) in [5.74, 6) is -1.41. The van der Waals surface area contributed by atoms with Crippen LogP contribution in [0.4, 0.5) is 0 Å². The van der Waals surface area contributed by atoms with Gasteiger partial charge in [-0.2, -0.15) is 0 Å². The van der Waals surface area contributed by atoms with E-state index >= 15 is 0 Å². The van der Waals surface area contributed by atoms with Crippen LogP contribution >= 0.6 is 0 Å². The zero-order valence-electron chi connectivity index (χ0n) is 17.3. The first-order chi connectivity index (χ1) is 14.3. The van der Waals surface area contributed by atoms with Gasteiger partial charge in [-0.05, 0) is 30.2 Å². The van der Waals surface area contributed by atoms with E-state index in [1.807, 2.05) is 19.1 Å². The second-order valence-electron chi connectivity index (χ2n) is 7.32. The van der Waals surface area contributed by atoms with Crippen molar-refractivity contribution in [2.75, 3.05) is 14.2 Å². The third-order valence-corrected chi connectivity index (χ3v) is 5.60. The SMILES string of the molecule is COC(=O)[C@H]1[C@@H](c2ccc(OC)cc2)[C@H]([N+](=O)[O-])[C@H](c2ccc(C)cc2)N1C(C)=O. The van der Waals surface area contributed by atoms with E-state index in [9.17, 15) is 19.7 Å². The van der Waals surface area contributed by atoms with E-state index in [1.165, 1.54) is 26.0 Å². The fraction of sp³-hybridized carbons (Fsp3) is 0.364. The average molecular weight is 412 g/mol. The molecule has 158 valence electrons. The minimum atomic E-state index is -1.23. The first kappa shape index (κ1) is 21.3. The quantitative estimate of drug-likeness (QED) is 0.425. The molecular weight excluding hydrogens is 388 g/mol. The van der Waals surface area contributed by atoms with Gasteiger partial charge in [0.1, 0.15) is 17.8 Å². The number of hydrogen-bond acceptors (Lipinski definition) is 6. The standard InChI is InChI=1S/C22H24N2O6/c1-13-5-7-16(8-6-13)19-20(24(27)28)18(15-9-11-17(29-3)12-10-15)21(22(26)30-4)23(19)14(2)25/h5-12,18-21H,1-4H3/t18-,19-,20-,21+/m0/s1. The van der Waals surface area contributed by atoms with Crippen molar-refractivity contribution < 1.29 is 24.0 Å². The molecule has 1 saturated heterocycles. The number of carbonyl (C=O) groups excluding carboxylic acids is 2. The van der Waals surface area contributed by atoms with Crippen LogP contribution in [-0.2, 0) is 14.3 Å². The van der Waals surface area contributed by atoms with Crippen molar-refractivity contribution >= 4 is 11.9 Å². The van der Waals surface area contributed by atoms with E-state index in [1.54, 1.807) is 36.4 Å². The Morgan fingerprint density at radius 2 is 1.57 bits per heavy atom. The summed E-state index contributed by atoms with van der Waals surface area (Å²) >= 11 is 0. The van der Waals surface area contributed by atoms with Gasteiger partial charge in [-0.1, -0.05) is 42.0 Å². The van der Waals surface area contributed by atoms with Crippen molar-refractivity contribution in [1.29, 1.82) is 0 Å². The van der Waals surface area contributed by atoms with Crippen molar-refractivity contribution in [3.8, 4) is 5.75 Å². The maximum absolute atomic E-state index is 12.8. The summed E-state index contributed by atoms with van der Waals surface area (Å²) in [6, 6.07) is 10.7. The molecule has 8 heteroatoms.